The van der Waals surface area contributed by atoms with Crippen molar-refractivity contribution in [2.75, 3.05) is 0 Å². The lowest BCUT2D eigenvalue weighted by Gasteiger charge is -2.36. The summed E-state index contributed by atoms with van der Waals surface area (Å²) in [6, 6.07) is 13.8. The van der Waals surface area contributed by atoms with Gasteiger partial charge < -0.3 is 9.74 Å². The Morgan fingerprint density at radius 3 is 2.35 bits per heavy atom. The quantitative estimate of drug-likeness (QED) is 0.695. The van der Waals surface area contributed by atoms with Gasteiger partial charge in [0.1, 0.15) is 5.75 Å². The van der Waals surface area contributed by atoms with Crippen molar-refractivity contribution in [3.63, 3.8) is 0 Å². The molecule has 140 valence electrons. The van der Waals surface area contributed by atoms with Crippen LogP contribution in [0, 0.1) is 13.8 Å². The van der Waals surface area contributed by atoms with E-state index in [0.29, 0.717) is 12.1 Å². The van der Waals surface area contributed by atoms with Gasteiger partial charge in [-0.15, -0.1) is 0 Å². The predicted molar refractivity (Wildman–Crippen MR) is 111 cm³/mol. The van der Waals surface area contributed by atoms with Crippen LogP contribution < -0.4 is 9.74 Å². The summed E-state index contributed by atoms with van der Waals surface area (Å²) in [5, 5.41) is 3.15. The largest absolute Gasteiger partial charge is 0.543 e. The van der Waals surface area contributed by atoms with Crippen molar-refractivity contribution in [3.05, 3.63) is 64.7 Å². The van der Waals surface area contributed by atoms with E-state index in [2.05, 4.69) is 39.2 Å². The van der Waals surface area contributed by atoms with Crippen LogP contribution in [0.2, 0.25) is 18.1 Å². The number of aryl methyl sites for hydroxylation is 2. The number of benzene rings is 2. The maximum Gasteiger partial charge on any atom is 0.251 e. The lowest BCUT2D eigenvalue weighted by atomic mass is 10.1. The normalized spacial score (nSPS) is 12.0. The van der Waals surface area contributed by atoms with Gasteiger partial charge >= 0.3 is 0 Å². The van der Waals surface area contributed by atoms with Gasteiger partial charge in [0.15, 0.2) is 0 Å². The average molecular weight is 370 g/mol. The molecule has 0 aliphatic carbocycles. The Kier molecular flexibility index (Phi) is 5.97. The molecule has 2 aromatic carbocycles. The molecule has 0 saturated carbocycles. The van der Waals surface area contributed by atoms with Crippen LogP contribution in [0.4, 0.5) is 0 Å². The zero-order valence-corrected chi connectivity index (χ0v) is 18.1. The molecule has 4 heteroatoms. The molecule has 0 fully saturated rings. The molecule has 0 heterocycles. The molecule has 0 bridgehead atoms. The first-order valence-electron chi connectivity index (χ1n) is 9.13. The molecule has 2 aromatic rings. The number of nitrogens with one attached hydrogen (secondary N) is 1. The Bertz CT molecular complexity index is 791. The highest BCUT2D eigenvalue weighted by Crippen LogP contribution is 2.37. The standard InChI is InChI=1S/C22H31NO2Si/c1-16-11-12-19(13-17(16)2)21(24)23-15-18-9-8-10-20(14-18)25-26(6,7)22(3,4)5/h8-14H,15H2,1-7H3,(H,23,24). The number of rotatable bonds is 5. The number of amides is 1. The number of carbonyl (C=O) groups excluding carboxylic acids is 1. The van der Waals surface area contributed by atoms with Crippen LogP contribution in [0.3, 0.4) is 0 Å². The maximum atomic E-state index is 12.4. The predicted octanol–water partition coefficient (Wildman–Crippen LogP) is 5.62. The van der Waals surface area contributed by atoms with Gasteiger partial charge in [-0.1, -0.05) is 39.0 Å². The Morgan fingerprint density at radius 1 is 1.04 bits per heavy atom. The van der Waals surface area contributed by atoms with E-state index in [4.69, 9.17) is 4.43 Å². The first-order valence-corrected chi connectivity index (χ1v) is 12.0. The van der Waals surface area contributed by atoms with E-state index in [1.54, 1.807) is 0 Å². The Balaban J connectivity index is 2.04. The molecule has 0 aliphatic heterocycles. The van der Waals surface area contributed by atoms with E-state index in [1.807, 2.05) is 56.3 Å². The number of hydrogen-bond donors (Lipinski definition) is 1. The monoisotopic (exact) mass is 369 g/mol. The van der Waals surface area contributed by atoms with E-state index in [0.717, 1.165) is 16.9 Å². The molecular formula is C22H31NO2Si. The molecule has 0 radical (unpaired) electrons. The summed E-state index contributed by atoms with van der Waals surface area (Å²) in [7, 11) is -1.87. The fourth-order valence-corrected chi connectivity index (χ4v) is 3.36. The van der Waals surface area contributed by atoms with Crippen LogP contribution in [0.5, 0.6) is 5.75 Å². The third-order valence-corrected chi connectivity index (χ3v) is 9.66. The van der Waals surface area contributed by atoms with Crippen LogP contribution in [0.1, 0.15) is 47.8 Å². The summed E-state index contributed by atoms with van der Waals surface area (Å²) in [6.07, 6.45) is 0. The maximum absolute atomic E-state index is 12.4. The van der Waals surface area contributed by atoms with Crippen molar-refractivity contribution < 1.29 is 9.22 Å². The fraction of sp³-hybridized carbons (Fsp3) is 0.409. The zero-order valence-electron chi connectivity index (χ0n) is 17.1. The second-order valence-electron chi connectivity index (χ2n) is 8.49. The Morgan fingerprint density at radius 2 is 1.73 bits per heavy atom. The van der Waals surface area contributed by atoms with Crippen molar-refractivity contribution in [2.45, 2.75) is 59.3 Å². The minimum atomic E-state index is -1.87. The van der Waals surface area contributed by atoms with Crippen molar-refractivity contribution in [2.24, 2.45) is 0 Å². The highest BCUT2D eigenvalue weighted by molar-refractivity contribution is 6.74. The van der Waals surface area contributed by atoms with E-state index in [1.165, 1.54) is 5.56 Å². The summed E-state index contributed by atoms with van der Waals surface area (Å²) < 4.78 is 6.35. The van der Waals surface area contributed by atoms with Gasteiger partial charge in [0.2, 0.25) is 8.32 Å². The first kappa shape index (κ1) is 20.2. The van der Waals surface area contributed by atoms with Gasteiger partial charge in [-0.2, -0.15) is 0 Å². The third kappa shape index (κ3) is 4.98. The van der Waals surface area contributed by atoms with Crippen molar-refractivity contribution in [3.8, 4) is 5.75 Å². The molecule has 0 saturated heterocycles. The second kappa shape index (κ2) is 7.66. The van der Waals surface area contributed by atoms with Gasteiger partial charge in [0, 0.05) is 12.1 Å². The summed E-state index contributed by atoms with van der Waals surface area (Å²) in [5.41, 5.74) is 4.06. The lowest BCUT2D eigenvalue weighted by Crippen LogP contribution is -2.43. The molecular weight excluding hydrogens is 338 g/mol. The molecule has 0 unspecified atom stereocenters. The van der Waals surface area contributed by atoms with E-state index < -0.39 is 8.32 Å². The minimum Gasteiger partial charge on any atom is -0.543 e. The summed E-state index contributed by atoms with van der Waals surface area (Å²) >= 11 is 0. The van der Waals surface area contributed by atoms with Crippen molar-refractivity contribution in [1.29, 1.82) is 0 Å². The van der Waals surface area contributed by atoms with Crippen LogP contribution in [0.25, 0.3) is 0 Å². The minimum absolute atomic E-state index is 0.0520. The van der Waals surface area contributed by atoms with Crippen LogP contribution in [-0.4, -0.2) is 14.2 Å². The molecule has 0 atom stereocenters. The Labute approximate surface area is 158 Å². The molecule has 3 nitrogen and oxygen atoms in total. The lowest BCUT2D eigenvalue weighted by molar-refractivity contribution is 0.0951. The van der Waals surface area contributed by atoms with Gasteiger partial charge in [0.05, 0.1) is 0 Å². The van der Waals surface area contributed by atoms with Gasteiger partial charge in [-0.25, -0.2) is 0 Å². The van der Waals surface area contributed by atoms with Gasteiger partial charge in [-0.3, -0.25) is 4.79 Å². The molecule has 0 aromatic heterocycles. The van der Waals surface area contributed by atoms with Gasteiger partial charge in [0.25, 0.3) is 5.91 Å². The van der Waals surface area contributed by atoms with Crippen LogP contribution >= 0.6 is 0 Å². The number of carbonyl (C=O) groups is 1. The van der Waals surface area contributed by atoms with E-state index >= 15 is 0 Å². The highest BCUT2D eigenvalue weighted by atomic mass is 28.4. The smallest absolute Gasteiger partial charge is 0.251 e. The summed E-state index contributed by atoms with van der Waals surface area (Å²) in [5.74, 6) is 0.832. The summed E-state index contributed by atoms with van der Waals surface area (Å²) in [6.45, 7) is 15.7. The molecule has 26 heavy (non-hydrogen) atoms. The fourth-order valence-electron chi connectivity index (χ4n) is 2.33. The average Bonchev–Trinajstić information content (AvgIpc) is 2.54. The topological polar surface area (TPSA) is 38.3 Å². The molecule has 0 spiro atoms. The Hall–Kier alpha value is -2.07. The number of hydrogen-bond acceptors (Lipinski definition) is 2. The molecule has 2 rings (SSSR count). The molecule has 1 amide bonds. The van der Waals surface area contributed by atoms with Crippen LogP contribution in [0.15, 0.2) is 42.5 Å². The molecule has 1 N–H and O–H groups in total. The van der Waals surface area contributed by atoms with Crippen molar-refractivity contribution in [1.82, 2.24) is 5.32 Å². The highest BCUT2D eigenvalue weighted by Gasteiger charge is 2.38. The second-order valence-corrected chi connectivity index (χ2v) is 13.2. The zero-order chi connectivity index (χ0) is 19.5. The van der Waals surface area contributed by atoms with Crippen molar-refractivity contribution >= 4 is 14.2 Å². The summed E-state index contributed by atoms with van der Waals surface area (Å²) in [4.78, 5) is 12.4. The SMILES string of the molecule is Cc1ccc(C(=O)NCc2cccc(O[Si](C)(C)C(C)(C)C)c2)cc1C. The van der Waals surface area contributed by atoms with E-state index in [-0.39, 0.29) is 10.9 Å². The molecule has 0 aliphatic rings. The van der Waals surface area contributed by atoms with Crippen LogP contribution in [-0.2, 0) is 6.54 Å². The van der Waals surface area contributed by atoms with Gasteiger partial charge in [-0.05, 0) is 72.9 Å². The van der Waals surface area contributed by atoms with E-state index in [9.17, 15) is 4.79 Å². The third-order valence-electron chi connectivity index (χ3n) is 5.30. The first-order chi connectivity index (χ1) is 12.0.